The van der Waals surface area contributed by atoms with Crippen molar-refractivity contribution in [1.82, 2.24) is 0 Å². The molecule has 42 valence electrons. The van der Waals surface area contributed by atoms with Crippen molar-refractivity contribution in [3.8, 4) is 11.8 Å². The second kappa shape index (κ2) is 2.46. The first kappa shape index (κ1) is 5.30. The van der Waals surface area contributed by atoms with Gasteiger partial charge in [0, 0.05) is 6.42 Å². The highest BCUT2D eigenvalue weighted by Gasteiger charge is 2.05. The molecular formula is C6H7NO. The van der Waals surface area contributed by atoms with Gasteiger partial charge in [-0.25, -0.2) is 0 Å². The highest BCUT2D eigenvalue weighted by atomic mass is 16.3. The van der Waals surface area contributed by atoms with Gasteiger partial charge in [0.1, 0.15) is 0 Å². The lowest BCUT2D eigenvalue weighted by atomic mass is 10.1. The zero-order chi connectivity index (χ0) is 5.82. The number of hydrogen-bond donors (Lipinski definition) is 0. The Hall–Kier alpha value is -0.840. The Bertz CT molecular complexity index is 142. The molecule has 0 bridgehead atoms. The normalized spacial score (nSPS) is 25.8. The Balaban J connectivity index is 2.51. The van der Waals surface area contributed by atoms with E-state index in [2.05, 4.69) is 17.0 Å². The van der Waals surface area contributed by atoms with Crippen molar-refractivity contribution >= 4 is 0 Å². The van der Waals surface area contributed by atoms with Crippen LogP contribution in [0.2, 0.25) is 0 Å². The van der Waals surface area contributed by atoms with E-state index in [9.17, 15) is 4.91 Å². The van der Waals surface area contributed by atoms with Crippen LogP contribution in [0.25, 0.3) is 0 Å². The molecule has 0 aliphatic heterocycles. The van der Waals surface area contributed by atoms with Crippen LogP contribution in [0.4, 0.5) is 0 Å². The minimum Gasteiger partial charge on any atom is -0.149 e. The van der Waals surface area contributed by atoms with Crippen LogP contribution < -0.4 is 0 Å². The van der Waals surface area contributed by atoms with E-state index in [4.69, 9.17) is 0 Å². The Morgan fingerprint density at radius 3 is 2.88 bits per heavy atom. The summed E-state index contributed by atoms with van der Waals surface area (Å²) >= 11 is 0. The first-order valence-electron chi connectivity index (χ1n) is 2.74. The zero-order valence-corrected chi connectivity index (χ0v) is 4.55. The van der Waals surface area contributed by atoms with Crippen molar-refractivity contribution in [2.75, 3.05) is 0 Å². The van der Waals surface area contributed by atoms with Gasteiger partial charge in [-0.05, 0) is 12.8 Å². The topological polar surface area (TPSA) is 29.4 Å². The number of rotatable bonds is 1. The molecule has 0 amide bonds. The fourth-order valence-corrected chi connectivity index (χ4v) is 0.725. The summed E-state index contributed by atoms with van der Waals surface area (Å²) < 4.78 is 0. The minimum atomic E-state index is -0.205. The second-order valence-electron chi connectivity index (χ2n) is 1.83. The largest absolute Gasteiger partial charge is 0.152 e. The van der Waals surface area contributed by atoms with Crippen LogP contribution in [0.3, 0.4) is 0 Å². The molecule has 1 atom stereocenters. The molecule has 0 radical (unpaired) electrons. The van der Waals surface area contributed by atoms with Gasteiger partial charge in [-0.2, -0.15) is 0 Å². The fraction of sp³-hybridized carbons (Fsp3) is 0.667. The molecule has 0 aromatic heterocycles. The van der Waals surface area contributed by atoms with Gasteiger partial charge in [0.2, 0.25) is 0 Å². The van der Waals surface area contributed by atoms with Gasteiger partial charge in [0.25, 0.3) is 0 Å². The number of hydrogen-bond acceptors (Lipinski definition) is 2. The van der Waals surface area contributed by atoms with Gasteiger partial charge < -0.3 is 0 Å². The lowest BCUT2D eigenvalue weighted by molar-refractivity contribution is 0.674. The maximum Gasteiger partial charge on any atom is 0.152 e. The molecule has 1 aliphatic rings. The average molecular weight is 109 g/mol. The highest BCUT2D eigenvalue weighted by Crippen LogP contribution is 2.06. The Kier molecular flexibility index (Phi) is 1.63. The summed E-state index contributed by atoms with van der Waals surface area (Å²) in [5.74, 6) is 5.58. The van der Waals surface area contributed by atoms with Crippen molar-refractivity contribution in [1.29, 1.82) is 0 Å². The molecule has 0 spiro atoms. The standard InChI is InChI=1S/C6H7NO/c8-7-6-4-2-1-3-5-6/h6H,1-2,4H2. The van der Waals surface area contributed by atoms with Gasteiger partial charge in [0.15, 0.2) is 6.04 Å². The number of nitroso groups, excluding NO2 is 1. The third-order valence-electron chi connectivity index (χ3n) is 1.18. The van der Waals surface area contributed by atoms with Crippen LogP contribution in [0.5, 0.6) is 0 Å². The van der Waals surface area contributed by atoms with Crippen molar-refractivity contribution in [2.45, 2.75) is 25.3 Å². The van der Waals surface area contributed by atoms with Gasteiger partial charge in [-0.15, -0.1) is 10.8 Å². The lowest BCUT2D eigenvalue weighted by Gasteiger charge is -2.01. The fourth-order valence-electron chi connectivity index (χ4n) is 0.725. The van der Waals surface area contributed by atoms with Crippen molar-refractivity contribution in [3.63, 3.8) is 0 Å². The average Bonchev–Trinajstić information content (AvgIpc) is 1.90. The lowest BCUT2D eigenvalue weighted by Crippen LogP contribution is -2.02. The molecule has 0 N–H and O–H groups in total. The van der Waals surface area contributed by atoms with E-state index in [1.807, 2.05) is 0 Å². The van der Waals surface area contributed by atoms with Gasteiger partial charge >= 0.3 is 0 Å². The van der Waals surface area contributed by atoms with Crippen LogP contribution in [-0.4, -0.2) is 6.04 Å². The van der Waals surface area contributed by atoms with Crippen molar-refractivity contribution in [3.05, 3.63) is 4.91 Å². The molecule has 0 saturated heterocycles. The molecule has 1 unspecified atom stereocenters. The Morgan fingerprint density at radius 2 is 2.50 bits per heavy atom. The monoisotopic (exact) mass is 109 g/mol. The van der Waals surface area contributed by atoms with Crippen LogP contribution in [-0.2, 0) is 0 Å². The molecule has 0 aromatic rings. The highest BCUT2D eigenvalue weighted by molar-refractivity contribution is 5.10. The van der Waals surface area contributed by atoms with Crippen LogP contribution >= 0.6 is 0 Å². The van der Waals surface area contributed by atoms with E-state index in [1.165, 1.54) is 0 Å². The Labute approximate surface area is 48.3 Å². The van der Waals surface area contributed by atoms with Gasteiger partial charge in [-0.3, -0.25) is 0 Å². The summed E-state index contributed by atoms with van der Waals surface area (Å²) in [6, 6.07) is -0.205. The van der Waals surface area contributed by atoms with Crippen molar-refractivity contribution < 1.29 is 0 Å². The summed E-state index contributed by atoms with van der Waals surface area (Å²) in [5.41, 5.74) is 0. The molecule has 8 heavy (non-hydrogen) atoms. The molecule has 0 saturated carbocycles. The molecule has 0 aromatic carbocycles. The first-order valence-corrected chi connectivity index (χ1v) is 2.74. The maximum absolute atomic E-state index is 9.81. The van der Waals surface area contributed by atoms with Crippen molar-refractivity contribution in [2.24, 2.45) is 5.18 Å². The molecule has 2 heteroatoms. The van der Waals surface area contributed by atoms with E-state index >= 15 is 0 Å². The van der Waals surface area contributed by atoms with Gasteiger partial charge in [-0.1, -0.05) is 11.1 Å². The summed E-state index contributed by atoms with van der Waals surface area (Å²) in [6.45, 7) is 0. The zero-order valence-electron chi connectivity index (χ0n) is 4.55. The van der Waals surface area contributed by atoms with Crippen LogP contribution in [0, 0.1) is 16.7 Å². The SMILES string of the molecule is O=NC1C#CCCC1. The second-order valence-corrected chi connectivity index (χ2v) is 1.83. The summed E-state index contributed by atoms with van der Waals surface area (Å²) in [7, 11) is 0. The van der Waals surface area contributed by atoms with E-state index in [0.29, 0.717) is 0 Å². The molecule has 1 rings (SSSR count). The van der Waals surface area contributed by atoms with E-state index < -0.39 is 0 Å². The molecule has 0 fully saturated rings. The number of nitrogens with zero attached hydrogens (tertiary/aromatic N) is 1. The molecular weight excluding hydrogens is 102 g/mol. The summed E-state index contributed by atoms with van der Waals surface area (Å²) in [4.78, 5) is 9.81. The molecule has 2 nitrogen and oxygen atoms in total. The molecule has 1 aliphatic carbocycles. The van der Waals surface area contributed by atoms with E-state index in [0.717, 1.165) is 19.3 Å². The third-order valence-corrected chi connectivity index (χ3v) is 1.18. The molecule has 0 heterocycles. The maximum atomic E-state index is 9.81. The smallest absolute Gasteiger partial charge is 0.149 e. The van der Waals surface area contributed by atoms with E-state index in [1.54, 1.807) is 0 Å². The van der Waals surface area contributed by atoms with E-state index in [-0.39, 0.29) is 6.04 Å². The predicted octanol–water partition coefficient (Wildman–Crippen LogP) is 1.31. The van der Waals surface area contributed by atoms with Gasteiger partial charge in [0.05, 0.1) is 0 Å². The van der Waals surface area contributed by atoms with Crippen LogP contribution in [0.1, 0.15) is 19.3 Å². The summed E-state index contributed by atoms with van der Waals surface area (Å²) in [6.07, 6.45) is 2.83. The summed E-state index contributed by atoms with van der Waals surface area (Å²) in [5, 5.41) is 2.82. The Morgan fingerprint density at radius 1 is 1.62 bits per heavy atom. The predicted molar refractivity (Wildman–Crippen MR) is 31.2 cm³/mol. The van der Waals surface area contributed by atoms with Crippen LogP contribution in [0.15, 0.2) is 5.18 Å². The first-order chi connectivity index (χ1) is 3.93. The minimum absolute atomic E-state index is 0.205. The quantitative estimate of drug-likeness (QED) is 0.368. The third kappa shape index (κ3) is 1.06.